The SMILES string of the molecule is O=C(Nc1cccc(Cl)n1)c1cn(C2CCNCC2)nn1. The first kappa shape index (κ1) is 14.0. The molecular formula is C13H15ClN6O. The normalized spacial score (nSPS) is 15.9. The number of carbonyl (C=O) groups is 1. The quantitative estimate of drug-likeness (QED) is 0.840. The number of anilines is 1. The van der Waals surface area contributed by atoms with Gasteiger partial charge in [0.05, 0.1) is 12.2 Å². The molecule has 0 radical (unpaired) electrons. The van der Waals surface area contributed by atoms with Gasteiger partial charge in [0.1, 0.15) is 11.0 Å². The van der Waals surface area contributed by atoms with Crippen molar-refractivity contribution >= 4 is 23.3 Å². The van der Waals surface area contributed by atoms with Gasteiger partial charge in [-0.3, -0.25) is 4.79 Å². The van der Waals surface area contributed by atoms with Crippen LogP contribution in [-0.4, -0.2) is 39.0 Å². The maximum Gasteiger partial charge on any atom is 0.278 e. The number of amides is 1. The van der Waals surface area contributed by atoms with Crippen molar-refractivity contribution < 1.29 is 4.79 Å². The molecule has 1 aliphatic rings. The van der Waals surface area contributed by atoms with E-state index in [1.165, 1.54) is 0 Å². The molecule has 0 bridgehead atoms. The molecule has 1 aliphatic heterocycles. The second-order valence-corrected chi connectivity index (χ2v) is 5.25. The Labute approximate surface area is 126 Å². The Balaban J connectivity index is 1.69. The van der Waals surface area contributed by atoms with Gasteiger partial charge in [-0.1, -0.05) is 22.9 Å². The molecule has 3 rings (SSSR count). The lowest BCUT2D eigenvalue weighted by atomic mass is 10.1. The van der Waals surface area contributed by atoms with E-state index < -0.39 is 0 Å². The van der Waals surface area contributed by atoms with Crippen LogP contribution in [0.15, 0.2) is 24.4 Å². The lowest BCUT2D eigenvalue weighted by molar-refractivity contribution is 0.102. The van der Waals surface area contributed by atoms with Crippen LogP contribution in [0.5, 0.6) is 0 Å². The first-order valence-electron chi connectivity index (χ1n) is 6.79. The molecule has 1 saturated heterocycles. The van der Waals surface area contributed by atoms with E-state index in [9.17, 15) is 4.79 Å². The predicted octanol–water partition coefficient (Wildman–Crippen LogP) is 1.50. The summed E-state index contributed by atoms with van der Waals surface area (Å²) in [7, 11) is 0. The summed E-state index contributed by atoms with van der Waals surface area (Å²) in [5.74, 6) is 0.0499. The van der Waals surface area contributed by atoms with Crippen LogP contribution in [0, 0.1) is 0 Å². The molecule has 3 heterocycles. The molecule has 0 unspecified atom stereocenters. The van der Waals surface area contributed by atoms with Crippen LogP contribution in [0.25, 0.3) is 0 Å². The van der Waals surface area contributed by atoms with Gasteiger partial charge >= 0.3 is 0 Å². The number of nitrogens with zero attached hydrogens (tertiary/aromatic N) is 4. The lowest BCUT2D eigenvalue weighted by Gasteiger charge is -2.22. The minimum Gasteiger partial charge on any atom is -0.317 e. The molecule has 21 heavy (non-hydrogen) atoms. The summed E-state index contributed by atoms with van der Waals surface area (Å²) in [6, 6.07) is 5.33. The van der Waals surface area contributed by atoms with Gasteiger partial charge in [0.25, 0.3) is 5.91 Å². The van der Waals surface area contributed by atoms with E-state index >= 15 is 0 Å². The number of hydrogen-bond acceptors (Lipinski definition) is 5. The summed E-state index contributed by atoms with van der Waals surface area (Å²) in [4.78, 5) is 16.1. The number of pyridine rings is 1. The van der Waals surface area contributed by atoms with E-state index in [1.807, 2.05) is 0 Å². The van der Waals surface area contributed by atoms with Gasteiger partial charge in [-0.25, -0.2) is 9.67 Å². The van der Waals surface area contributed by atoms with Gasteiger partial charge in [-0.05, 0) is 38.1 Å². The van der Waals surface area contributed by atoms with Crippen molar-refractivity contribution in [3.05, 3.63) is 35.2 Å². The van der Waals surface area contributed by atoms with Gasteiger partial charge in [-0.2, -0.15) is 0 Å². The van der Waals surface area contributed by atoms with Crippen LogP contribution in [0.1, 0.15) is 29.4 Å². The van der Waals surface area contributed by atoms with Crippen molar-refractivity contribution in [1.29, 1.82) is 0 Å². The minimum atomic E-state index is -0.343. The Hall–Kier alpha value is -1.99. The molecule has 1 amide bonds. The van der Waals surface area contributed by atoms with Crippen LogP contribution >= 0.6 is 11.6 Å². The highest BCUT2D eigenvalue weighted by Crippen LogP contribution is 2.17. The number of piperidine rings is 1. The maximum absolute atomic E-state index is 12.1. The van der Waals surface area contributed by atoms with Gasteiger partial charge < -0.3 is 10.6 Å². The third-order valence-electron chi connectivity index (χ3n) is 3.38. The second-order valence-electron chi connectivity index (χ2n) is 4.86. The zero-order chi connectivity index (χ0) is 14.7. The van der Waals surface area contributed by atoms with Crippen LogP contribution in [-0.2, 0) is 0 Å². The van der Waals surface area contributed by atoms with Crippen molar-refractivity contribution in [1.82, 2.24) is 25.3 Å². The Morgan fingerprint density at radius 3 is 2.95 bits per heavy atom. The highest BCUT2D eigenvalue weighted by molar-refractivity contribution is 6.29. The van der Waals surface area contributed by atoms with Gasteiger partial charge in [-0.15, -0.1) is 5.10 Å². The van der Waals surface area contributed by atoms with Gasteiger partial charge in [0.15, 0.2) is 5.69 Å². The Morgan fingerprint density at radius 1 is 1.38 bits per heavy atom. The molecule has 110 valence electrons. The van der Waals surface area contributed by atoms with Crippen molar-refractivity contribution in [2.75, 3.05) is 18.4 Å². The third-order valence-corrected chi connectivity index (χ3v) is 3.59. The van der Waals surface area contributed by atoms with E-state index in [0.29, 0.717) is 17.0 Å². The fourth-order valence-corrected chi connectivity index (χ4v) is 2.45. The highest BCUT2D eigenvalue weighted by atomic mass is 35.5. The van der Waals surface area contributed by atoms with Crippen molar-refractivity contribution in [3.8, 4) is 0 Å². The molecule has 2 N–H and O–H groups in total. The number of hydrogen-bond donors (Lipinski definition) is 2. The molecule has 2 aromatic heterocycles. The van der Waals surface area contributed by atoms with E-state index in [-0.39, 0.29) is 11.6 Å². The fourth-order valence-electron chi connectivity index (χ4n) is 2.29. The maximum atomic E-state index is 12.1. The summed E-state index contributed by atoms with van der Waals surface area (Å²) in [5, 5.41) is 14.2. The monoisotopic (exact) mass is 306 g/mol. The number of halogens is 1. The van der Waals surface area contributed by atoms with Crippen LogP contribution in [0.4, 0.5) is 5.82 Å². The Bertz CT molecular complexity index is 637. The Kier molecular flexibility index (Phi) is 4.12. The number of aromatic nitrogens is 4. The third kappa shape index (κ3) is 3.37. The topological polar surface area (TPSA) is 84.7 Å². The average Bonchev–Trinajstić information content (AvgIpc) is 2.98. The largest absolute Gasteiger partial charge is 0.317 e. The molecule has 1 fully saturated rings. The highest BCUT2D eigenvalue weighted by Gasteiger charge is 2.18. The Morgan fingerprint density at radius 2 is 2.19 bits per heavy atom. The molecule has 0 aromatic carbocycles. The van der Waals surface area contributed by atoms with Crippen LogP contribution in [0.2, 0.25) is 5.15 Å². The molecule has 0 aliphatic carbocycles. The molecular weight excluding hydrogens is 292 g/mol. The zero-order valence-electron chi connectivity index (χ0n) is 11.3. The summed E-state index contributed by atoms with van der Waals surface area (Å²) in [5.41, 5.74) is 0.273. The second kappa shape index (κ2) is 6.19. The summed E-state index contributed by atoms with van der Waals surface area (Å²) >= 11 is 5.78. The fraction of sp³-hybridized carbons (Fsp3) is 0.385. The van der Waals surface area contributed by atoms with E-state index in [2.05, 4.69) is 25.9 Å². The first-order valence-corrected chi connectivity index (χ1v) is 7.16. The van der Waals surface area contributed by atoms with Crippen molar-refractivity contribution in [2.24, 2.45) is 0 Å². The number of rotatable bonds is 3. The summed E-state index contributed by atoms with van der Waals surface area (Å²) < 4.78 is 1.77. The number of nitrogens with one attached hydrogen (secondary N) is 2. The van der Waals surface area contributed by atoms with E-state index in [4.69, 9.17) is 11.6 Å². The smallest absolute Gasteiger partial charge is 0.278 e. The molecule has 0 spiro atoms. The minimum absolute atomic E-state index is 0.273. The molecule has 8 heteroatoms. The molecule has 0 saturated carbocycles. The predicted molar refractivity (Wildman–Crippen MR) is 78.4 cm³/mol. The van der Waals surface area contributed by atoms with Crippen LogP contribution < -0.4 is 10.6 Å². The summed E-state index contributed by atoms with van der Waals surface area (Å²) in [6.07, 6.45) is 3.65. The first-order chi connectivity index (χ1) is 10.2. The average molecular weight is 307 g/mol. The van der Waals surface area contributed by atoms with Gasteiger partial charge in [0, 0.05) is 0 Å². The van der Waals surface area contributed by atoms with E-state index in [0.717, 1.165) is 25.9 Å². The number of carbonyl (C=O) groups excluding carboxylic acids is 1. The molecule has 2 aromatic rings. The van der Waals surface area contributed by atoms with E-state index in [1.54, 1.807) is 29.1 Å². The lowest BCUT2D eigenvalue weighted by Crippen LogP contribution is -2.29. The van der Waals surface area contributed by atoms with Crippen molar-refractivity contribution in [2.45, 2.75) is 18.9 Å². The zero-order valence-corrected chi connectivity index (χ0v) is 12.0. The standard InChI is InChI=1S/C13H15ClN6O/c14-11-2-1-3-12(16-11)17-13(21)10-8-20(19-18-10)9-4-6-15-7-5-9/h1-3,8-9,15H,4-7H2,(H,16,17,21). The van der Waals surface area contributed by atoms with Crippen LogP contribution in [0.3, 0.4) is 0 Å². The molecule has 0 atom stereocenters. The summed E-state index contributed by atoms with van der Waals surface area (Å²) in [6.45, 7) is 1.91. The molecule has 7 nitrogen and oxygen atoms in total. The van der Waals surface area contributed by atoms with Gasteiger partial charge in [0.2, 0.25) is 0 Å². The van der Waals surface area contributed by atoms with Crippen molar-refractivity contribution in [3.63, 3.8) is 0 Å².